The van der Waals surface area contributed by atoms with Crippen molar-refractivity contribution in [3.63, 3.8) is 0 Å². The number of aliphatic hydroxyl groups is 1. The summed E-state index contributed by atoms with van der Waals surface area (Å²) >= 11 is 3.35. The van der Waals surface area contributed by atoms with Gasteiger partial charge in [0.2, 0.25) is 5.91 Å². The number of carbonyl (C=O) groups excluding carboxylic acids is 2. The Hall–Kier alpha value is -2.18. The maximum atomic E-state index is 12.3. The van der Waals surface area contributed by atoms with Crippen molar-refractivity contribution in [2.45, 2.75) is 25.4 Å². The van der Waals surface area contributed by atoms with E-state index in [4.69, 9.17) is 0 Å². The smallest absolute Gasteiger partial charge is 0.255 e. The van der Waals surface area contributed by atoms with Gasteiger partial charge in [-0.1, -0.05) is 28.1 Å². The molecule has 0 unspecified atom stereocenters. The van der Waals surface area contributed by atoms with Crippen LogP contribution in [0.5, 0.6) is 0 Å². The van der Waals surface area contributed by atoms with Gasteiger partial charge >= 0.3 is 0 Å². The second-order valence-corrected chi connectivity index (χ2v) is 7.36. The highest BCUT2D eigenvalue weighted by atomic mass is 79.9. The number of nitrogens with zero attached hydrogens (tertiary/aromatic N) is 1. The number of rotatable bonds is 4. The normalized spacial score (nSPS) is 14.9. The predicted octanol–water partition coefficient (Wildman–Crippen LogP) is 3.23. The Morgan fingerprint density at radius 1 is 1.04 bits per heavy atom. The van der Waals surface area contributed by atoms with Crippen LogP contribution in [-0.4, -0.2) is 41.0 Å². The van der Waals surface area contributed by atoms with Crippen molar-refractivity contribution < 1.29 is 14.7 Å². The topological polar surface area (TPSA) is 69.6 Å². The van der Waals surface area contributed by atoms with Crippen molar-refractivity contribution in [2.75, 3.05) is 18.4 Å². The lowest BCUT2D eigenvalue weighted by molar-refractivity contribution is -0.132. The second-order valence-electron chi connectivity index (χ2n) is 6.45. The number of hydrogen-bond donors (Lipinski definition) is 2. The number of carbonyl (C=O) groups is 2. The van der Waals surface area contributed by atoms with E-state index in [0.29, 0.717) is 43.6 Å². The van der Waals surface area contributed by atoms with Crippen LogP contribution < -0.4 is 5.32 Å². The fourth-order valence-corrected chi connectivity index (χ4v) is 3.18. The van der Waals surface area contributed by atoms with Gasteiger partial charge in [-0.15, -0.1) is 0 Å². The Kier molecular flexibility index (Phi) is 6.06. The Labute approximate surface area is 161 Å². The quantitative estimate of drug-likeness (QED) is 0.803. The van der Waals surface area contributed by atoms with Gasteiger partial charge in [0, 0.05) is 28.8 Å². The van der Waals surface area contributed by atoms with Gasteiger partial charge in [0.15, 0.2) is 0 Å². The fourth-order valence-electron chi connectivity index (χ4n) is 2.91. The summed E-state index contributed by atoms with van der Waals surface area (Å²) in [5.41, 5.74) is 2.18. The number of hydrogen-bond acceptors (Lipinski definition) is 3. The molecule has 0 saturated carbocycles. The number of benzene rings is 2. The standard InChI is InChI=1S/C20H21BrN2O3/c21-16-5-3-15(4-6-16)20(26)22-17-7-1-14(2-8-17)13-19(25)23-11-9-18(24)10-12-23/h1-8,18,24H,9-13H2,(H,22,26). The molecule has 1 aliphatic heterocycles. The van der Waals surface area contributed by atoms with E-state index >= 15 is 0 Å². The summed E-state index contributed by atoms with van der Waals surface area (Å²) in [6, 6.07) is 14.5. The molecule has 26 heavy (non-hydrogen) atoms. The van der Waals surface area contributed by atoms with Crippen molar-refractivity contribution in [1.29, 1.82) is 0 Å². The molecule has 0 spiro atoms. The summed E-state index contributed by atoms with van der Waals surface area (Å²) in [6.07, 6.45) is 1.34. The molecule has 0 atom stereocenters. The highest BCUT2D eigenvalue weighted by Gasteiger charge is 2.21. The predicted molar refractivity (Wildman–Crippen MR) is 104 cm³/mol. The van der Waals surface area contributed by atoms with Gasteiger partial charge in [0.25, 0.3) is 5.91 Å². The number of piperidine rings is 1. The molecule has 1 saturated heterocycles. The van der Waals surface area contributed by atoms with Crippen LogP contribution in [0.3, 0.4) is 0 Å². The van der Waals surface area contributed by atoms with Crippen molar-refractivity contribution in [3.05, 3.63) is 64.1 Å². The molecular formula is C20H21BrN2O3. The molecule has 2 N–H and O–H groups in total. The zero-order chi connectivity index (χ0) is 18.5. The van der Waals surface area contributed by atoms with E-state index < -0.39 is 0 Å². The number of halogens is 1. The second kappa shape index (κ2) is 8.47. The lowest BCUT2D eigenvalue weighted by Gasteiger charge is -2.29. The number of likely N-dealkylation sites (tertiary alicyclic amines) is 1. The average Bonchev–Trinajstić information content (AvgIpc) is 2.64. The monoisotopic (exact) mass is 416 g/mol. The van der Waals surface area contributed by atoms with Crippen LogP contribution >= 0.6 is 15.9 Å². The Balaban J connectivity index is 1.55. The zero-order valence-corrected chi connectivity index (χ0v) is 15.9. The number of anilines is 1. The SMILES string of the molecule is O=C(Nc1ccc(CC(=O)N2CCC(O)CC2)cc1)c1ccc(Br)cc1. The van der Waals surface area contributed by atoms with E-state index in [0.717, 1.165) is 10.0 Å². The third kappa shape index (κ3) is 4.93. The lowest BCUT2D eigenvalue weighted by atomic mass is 10.1. The maximum absolute atomic E-state index is 12.3. The Bertz CT molecular complexity index is 767. The molecule has 2 aromatic carbocycles. The largest absolute Gasteiger partial charge is 0.393 e. The first-order valence-electron chi connectivity index (χ1n) is 8.63. The van der Waals surface area contributed by atoms with Gasteiger partial charge in [-0.05, 0) is 54.8 Å². The molecule has 6 heteroatoms. The molecule has 2 aromatic rings. The third-order valence-corrected chi connectivity index (χ3v) is 5.02. The van der Waals surface area contributed by atoms with E-state index in [1.54, 1.807) is 29.2 Å². The minimum absolute atomic E-state index is 0.0727. The van der Waals surface area contributed by atoms with E-state index in [1.165, 1.54) is 0 Å². The fraction of sp³-hybridized carbons (Fsp3) is 0.300. The van der Waals surface area contributed by atoms with Crippen LogP contribution in [0.15, 0.2) is 53.0 Å². The molecule has 0 aromatic heterocycles. The van der Waals surface area contributed by atoms with Gasteiger partial charge in [-0.2, -0.15) is 0 Å². The van der Waals surface area contributed by atoms with Gasteiger partial charge in [-0.3, -0.25) is 9.59 Å². The van der Waals surface area contributed by atoms with E-state index in [1.807, 2.05) is 24.3 Å². The lowest BCUT2D eigenvalue weighted by Crippen LogP contribution is -2.40. The summed E-state index contributed by atoms with van der Waals surface area (Å²) in [7, 11) is 0. The number of aliphatic hydroxyl groups excluding tert-OH is 1. The number of amides is 2. The minimum Gasteiger partial charge on any atom is -0.393 e. The molecule has 136 valence electrons. The minimum atomic E-state index is -0.285. The third-order valence-electron chi connectivity index (χ3n) is 4.49. The van der Waals surface area contributed by atoms with Crippen molar-refractivity contribution in [3.8, 4) is 0 Å². The summed E-state index contributed by atoms with van der Waals surface area (Å²) in [5, 5.41) is 12.4. The summed E-state index contributed by atoms with van der Waals surface area (Å²) < 4.78 is 0.922. The van der Waals surface area contributed by atoms with Crippen LogP contribution in [0.1, 0.15) is 28.8 Å². The zero-order valence-electron chi connectivity index (χ0n) is 14.3. The van der Waals surface area contributed by atoms with Crippen molar-refractivity contribution in [2.24, 2.45) is 0 Å². The first-order valence-corrected chi connectivity index (χ1v) is 9.42. The summed E-state index contributed by atoms with van der Waals surface area (Å²) in [4.78, 5) is 26.3. The van der Waals surface area contributed by atoms with Gasteiger partial charge in [0.1, 0.15) is 0 Å². The molecule has 1 fully saturated rings. The van der Waals surface area contributed by atoms with E-state index in [2.05, 4.69) is 21.2 Å². The van der Waals surface area contributed by atoms with Gasteiger partial charge in [0.05, 0.1) is 12.5 Å². The highest BCUT2D eigenvalue weighted by Crippen LogP contribution is 2.16. The van der Waals surface area contributed by atoms with Crippen LogP contribution in [-0.2, 0) is 11.2 Å². The van der Waals surface area contributed by atoms with Crippen molar-refractivity contribution in [1.82, 2.24) is 4.90 Å². The van der Waals surface area contributed by atoms with Gasteiger partial charge in [-0.25, -0.2) is 0 Å². The summed E-state index contributed by atoms with van der Waals surface area (Å²) in [6.45, 7) is 1.22. The number of nitrogens with one attached hydrogen (secondary N) is 1. The van der Waals surface area contributed by atoms with Crippen molar-refractivity contribution >= 4 is 33.4 Å². The molecule has 5 nitrogen and oxygen atoms in total. The first kappa shape index (κ1) is 18.6. The molecule has 2 amide bonds. The van der Waals surface area contributed by atoms with Crippen LogP contribution in [0.2, 0.25) is 0 Å². The molecule has 0 radical (unpaired) electrons. The summed E-state index contributed by atoms with van der Waals surface area (Å²) in [5.74, 6) is -0.100. The van der Waals surface area contributed by atoms with E-state index in [9.17, 15) is 14.7 Å². The molecule has 1 aliphatic rings. The molecule has 0 bridgehead atoms. The molecule has 0 aliphatic carbocycles. The van der Waals surface area contributed by atoms with Crippen LogP contribution in [0.4, 0.5) is 5.69 Å². The average molecular weight is 417 g/mol. The van der Waals surface area contributed by atoms with Gasteiger partial charge < -0.3 is 15.3 Å². The first-order chi connectivity index (χ1) is 12.5. The molecule has 3 rings (SSSR count). The highest BCUT2D eigenvalue weighted by molar-refractivity contribution is 9.10. The Morgan fingerprint density at radius 2 is 1.65 bits per heavy atom. The van der Waals surface area contributed by atoms with E-state index in [-0.39, 0.29) is 17.9 Å². The molecule has 1 heterocycles. The maximum Gasteiger partial charge on any atom is 0.255 e. The van der Waals surface area contributed by atoms with Crippen LogP contribution in [0.25, 0.3) is 0 Å². The Morgan fingerprint density at radius 3 is 2.27 bits per heavy atom. The van der Waals surface area contributed by atoms with Crippen LogP contribution in [0, 0.1) is 0 Å². The molecular weight excluding hydrogens is 396 g/mol.